The number of sulfonamides is 1. The molecule has 0 fully saturated rings. The van der Waals surface area contributed by atoms with Gasteiger partial charge in [-0.1, -0.05) is 30.3 Å². The van der Waals surface area contributed by atoms with Crippen molar-refractivity contribution in [1.29, 1.82) is 0 Å². The maximum absolute atomic E-state index is 13.6. The summed E-state index contributed by atoms with van der Waals surface area (Å²) in [7, 11) is -3.81. The average molecular weight is 602 g/mol. The first-order chi connectivity index (χ1) is 20.7. The van der Waals surface area contributed by atoms with Gasteiger partial charge in [0, 0.05) is 41.1 Å². The van der Waals surface area contributed by atoms with E-state index >= 15 is 0 Å². The third kappa shape index (κ3) is 8.05. The summed E-state index contributed by atoms with van der Waals surface area (Å²) in [5.74, 6) is -0.511. The van der Waals surface area contributed by atoms with Crippen LogP contribution in [0.1, 0.15) is 17.7 Å². The van der Waals surface area contributed by atoms with E-state index in [0.29, 0.717) is 12.1 Å². The SMILES string of the molecule is NS(=O)(=O)COc1ccc(-c2ncc(NCCCc3ccccc3)c(=O)n2CC(=O)NCc2cc3cnccc3[nH]2)cc1. The first-order valence-electron chi connectivity index (χ1n) is 13.5. The van der Waals surface area contributed by atoms with Crippen molar-refractivity contribution in [1.82, 2.24) is 24.8 Å². The van der Waals surface area contributed by atoms with Crippen LogP contribution in [-0.4, -0.2) is 46.3 Å². The van der Waals surface area contributed by atoms with E-state index in [2.05, 4.69) is 37.7 Å². The smallest absolute Gasteiger partial charge is 0.277 e. The molecule has 43 heavy (non-hydrogen) atoms. The summed E-state index contributed by atoms with van der Waals surface area (Å²) in [6, 6.07) is 20.1. The van der Waals surface area contributed by atoms with Gasteiger partial charge in [0.1, 0.15) is 23.8 Å². The number of hydrogen-bond donors (Lipinski definition) is 4. The first kappa shape index (κ1) is 29.5. The second-order valence-electron chi connectivity index (χ2n) is 9.89. The van der Waals surface area contributed by atoms with Gasteiger partial charge in [0.2, 0.25) is 21.9 Å². The molecular formula is C30H31N7O5S. The van der Waals surface area contributed by atoms with Crippen LogP contribution in [0.3, 0.4) is 0 Å². The minimum atomic E-state index is -3.81. The molecule has 0 spiro atoms. The predicted octanol–water partition coefficient (Wildman–Crippen LogP) is 2.77. The Bertz CT molecular complexity index is 1840. The number of rotatable bonds is 13. The highest BCUT2D eigenvalue weighted by molar-refractivity contribution is 7.88. The van der Waals surface area contributed by atoms with Gasteiger partial charge < -0.3 is 20.4 Å². The van der Waals surface area contributed by atoms with E-state index in [-0.39, 0.29) is 36.3 Å². The molecule has 0 saturated carbocycles. The van der Waals surface area contributed by atoms with Crippen LogP contribution in [0.5, 0.6) is 5.75 Å². The molecular weight excluding hydrogens is 570 g/mol. The third-order valence-electron chi connectivity index (χ3n) is 6.60. The Morgan fingerprint density at radius 1 is 1.05 bits per heavy atom. The molecule has 0 saturated heterocycles. The predicted molar refractivity (Wildman–Crippen MR) is 164 cm³/mol. The molecule has 0 radical (unpaired) electrons. The number of amides is 1. The van der Waals surface area contributed by atoms with E-state index in [0.717, 1.165) is 29.4 Å². The Hall–Kier alpha value is -5.01. The number of carbonyl (C=O) groups is 1. The third-order valence-corrected chi connectivity index (χ3v) is 7.05. The fraction of sp³-hybridized carbons (Fsp3) is 0.200. The molecule has 3 aromatic heterocycles. The minimum absolute atomic E-state index is 0.235. The summed E-state index contributed by atoms with van der Waals surface area (Å²) in [5, 5.41) is 12.0. The van der Waals surface area contributed by atoms with Gasteiger partial charge in [0.25, 0.3) is 5.56 Å². The van der Waals surface area contributed by atoms with Crippen molar-refractivity contribution < 1.29 is 17.9 Å². The summed E-state index contributed by atoms with van der Waals surface area (Å²) in [6.45, 7) is 0.507. The van der Waals surface area contributed by atoms with Crippen molar-refractivity contribution >= 4 is 32.5 Å². The number of aryl methyl sites for hydroxylation is 1. The van der Waals surface area contributed by atoms with E-state index in [1.54, 1.807) is 24.5 Å². The molecule has 0 aliphatic carbocycles. The van der Waals surface area contributed by atoms with Crippen molar-refractivity contribution in [3.63, 3.8) is 0 Å². The zero-order valence-corrected chi connectivity index (χ0v) is 24.0. The summed E-state index contributed by atoms with van der Waals surface area (Å²) >= 11 is 0. The van der Waals surface area contributed by atoms with Gasteiger partial charge >= 0.3 is 0 Å². The highest BCUT2D eigenvalue weighted by Crippen LogP contribution is 2.21. The van der Waals surface area contributed by atoms with E-state index in [9.17, 15) is 18.0 Å². The molecule has 0 aliphatic heterocycles. The largest absolute Gasteiger partial charge is 0.476 e. The number of primary sulfonamides is 1. The van der Waals surface area contributed by atoms with Crippen LogP contribution in [-0.2, 0) is 34.3 Å². The van der Waals surface area contributed by atoms with Crippen LogP contribution in [0.2, 0.25) is 0 Å². The molecule has 222 valence electrons. The Morgan fingerprint density at radius 3 is 2.58 bits per heavy atom. The Balaban J connectivity index is 1.33. The summed E-state index contributed by atoms with van der Waals surface area (Å²) in [6.07, 6.45) is 6.52. The fourth-order valence-corrected chi connectivity index (χ4v) is 4.82. The molecule has 2 aromatic carbocycles. The van der Waals surface area contributed by atoms with E-state index in [1.165, 1.54) is 28.5 Å². The van der Waals surface area contributed by atoms with Crippen molar-refractivity contribution in [3.8, 4) is 17.1 Å². The summed E-state index contributed by atoms with van der Waals surface area (Å²) in [4.78, 5) is 38.5. The number of hydrogen-bond acceptors (Lipinski definition) is 8. The molecule has 0 unspecified atom stereocenters. The van der Waals surface area contributed by atoms with Crippen LogP contribution in [0.15, 0.2) is 90.1 Å². The van der Waals surface area contributed by atoms with Crippen LogP contribution in [0.4, 0.5) is 5.69 Å². The van der Waals surface area contributed by atoms with E-state index in [1.807, 2.05) is 30.3 Å². The van der Waals surface area contributed by atoms with Crippen molar-refractivity contribution in [2.45, 2.75) is 25.9 Å². The lowest BCUT2D eigenvalue weighted by molar-refractivity contribution is -0.121. The number of nitrogens with two attached hydrogens (primary N) is 1. The van der Waals surface area contributed by atoms with E-state index < -0.39 is 21.5 Å². The highest BCUT2D eigenvalue weighted by atomic mass is 32.2. The number of ether oxygens (including phenoxy) is 1. The Morgan fingerprint density at radius 2 is 1.84 bits per heavy atom. The number of benzene rings is 2. The number of nitrogens with one attached hydrogen (secondary N) is 3. The molecule has 0 atom stereocenters. The van der Waals surface area contributed by atoms with Gasteiger partial charge in [-0.05, 0) is 54.8 Å². The number of aromatic nitrogens is 4. The Labute approximate surface area is 248 Å². The van der Waals surface area contributed by atoms with Gasteiger partial charge in [-0.2, -0.15) is 0 Å². The quantitative estimate of drug-likeness (QED) is 0.149. The summed E-state index contributed by atoms with van der Waals surface area (Å²) < 4.78 is 29.0. The van der Waals surface area contributed by atoms with Gasteiger partial charge in [0.05, 0.1) is 12.7 Å². The highest BCUT2D eigenvalue weighted by Gasteiger charge is 2.16. The van der Waals surface area contributed by atoms with Crippen LogP contribution < -0.4 is 26.1 Å². The molecule has 0 aliphatic rings. The standard InChI is InChI=1S/C30H31N7O5S/c31-43(40,41)20-42-25-10-8-22(9-11-25)29-35-18-27(33-13-4-7-21-5-2-1-3-6-21)30(39)37(29)19-28(38)34-17-24-15-23-16-32-14-12-26(23)36-24/h1-3,5-6,8-12,14-16,18,33,36H,4,7,13,17,19-20H2,(H,34,38)(H2,31,40,41). The zero-order valence-electron chi connectivity index (χ0n) is 23.2. The van der Waals surface area contributed by atoms with Crippen LogP contribution in [0, 0.1) is 0 Å². The molecule has 5 N–H and O–H groups in total. The number of H-pyrrole nitrogens is 1. The molecule has 0 bridgehead atoms. The van der Waals surface area contributed by atoms with Gasteiger partial charge in [-0.15, -0.1) is 0 Å². The molecule has 3 heterocycles. The Kier molecular flexibility index (Phi) is 9.13. The minimum Gasteiger partial charge on any atom is -0.476 e. The second kappa shape index (κ2) is 13.3. The van der Waals surface area contributed by atoms with Crippen molar-refractivity contribution in [3.05, 3.63) is 107 Å². The molecule has 12 nitrogen and oxygen atoms in total. The van der Waals surface area contributed by atoms with Gasteiger partial charge in [0.15, 0.2) is 0 Å². The van der Waals surface area contributed by atoms with Crippen LogP contribution in [0.25, 0.3) is 22.3 Å². The number of nitrogens with zero attached hydrogens (tertiary/aromatic N) is 3. The number of anilines is 1. The van der Waals surface area contributed by atoms with Gasteiger partial charge in [-0.3, -0.25) is 19.1 Å². The zero-order chi connectivity index (χ0) is 30.2. The van der Waals surface area contributed by atoms with Crippen LogP contribution >= 0.6 is 0 Å². The maximum atomic E-state index is 13.6. The van der Waals surface area contributed by atoms with Crippen molar-refractivity contribution in [2.24, 2.45) is 5.14 Å². The lowest BCUT2D eigenvalue weighted by atomic mass is 10.1. The number of carbonyl (C=O) groups excluding carboxylic acids is 1. The number of fused-ring (bicyclic) bond motifs is 1. The lowest BCUT2D eigenvalue weighted by Crippen LogP contribution is -2.34. The maximum Gasteiger partial charge on any atom is 0.277 e. The second-order valence-corrected chi connectivity index (χ2v) is 11.4. The number of pyridine rings is 1. The normalized spacial score (nSPS) is 11.4. The topological polar surface area (TPSA) is 174 Å². The fourth-order valence-electron chi connectivity index (χ4n) is 4.52. The molecule has 1 amide bonds. The average Bonchev–Trinajstić information content (AvgIpc) is 3.43. The molecule has 13 heteroatoms. The molecule has 5 rings (SSSR count). The van der Waals surface area contributed by atoms with E-state index in [4.69, 9.17) is 9.88 Å². The molecule has 5 aromatic rings. The van der Waals surface area contributed by atoms with Gasteiger partial charge in [-0.25, -0.2) is 18.5 Å². The first-order valence-corrected chi connectivity index (χ1v) is 15.3. The van der Waals surface area contributed by atoms with Crippen molar-refractivity contribution in [2.75, 3.05) is 17.8 Å². The lowest BCUT2D eigenvalue weighted by Gasteiger charge is -2.15. The monoisotopic (exact) mass is 601 g/mol. The summed E-state index contributed by atoms with van der Waals surface area (Å²) in [5.41, 5.74) is 3.32. The number of aromatic amines is 1.